The molecule has 0 unspecified atom stereocenters. The van der Waals surface area contributed by atoms with Gasteiger partial charge in [-0.3, -0.25) is 0 Å². The fourth-order valence-corrected chi connectivity index (χ4v) is 2.11. The van der Waals surface area contributed by atoms with Gasteiger partial charge in [0.05, 0.1) is 12.4 Å². The van der Waals surface area contributed by atoms with Crippen molar-refractivity contribution < 1.29 is 5.11 Å². The van der Waals surface area contributed by atoms with Gasteiger partial charge >= 0.3 is 0 Å². The molecule has 3 heteroatoms. The van der Waals surface area contributed by atoms with Crippen molar-refractivity contribution in [1.82, 2.24) is 9.55 Å². The van der Waals surface area contributed by atoms with Crippen LogP contribution in [0.15, 0.2) is 18.7 Å². The van der Waals surface area contributed by atoms with E-state index in [-0.39, 0.29) is 6.10 Å². The van der Waals surface area contributed by atoms with E-state index in [0.717, 1.165) is 38.6 Å². The number of nitrogens with zero attached hydrogens (tertiary/aromatic N) is 2. The Kier molecular flexibility index (Phi) is 6.41. The van der Waals surface area contributed by atoms with Gasteiger partial charge in [-0.05, 0) is 37.5 Å². The van der Waals surface area contributed by atoms with Crippen LogP contribution in [0.2, 0.25) is 0 Å². The minimum Gasteiger partial charge on any atom is -0.393 e. The summed E-state index contributed by atoms with van der Waals surface area (Å²) in [5, 5.41) is 9.88. The molecule has 0 aliphatic rings. The number of hydrogen-bond acceptors (Lipinski definition) is 2. The van der Waals surface area contributed by atoms with Crippen LogP contribution in [0.4, 0.5) is 0 Å². The molecule has 1 N–H and O–H groups in total. The van der Waals surface area contributed by atoms with E-state index in [9.17, 15) is 5.11 Å². The Hall–Kier alpha value is -0.830. The number of aliphatic hydroxyl groups excluding tert-OH is 1. The zero-order valence-electron chi connectivity index (χ0n) is 12.1. The Morgan fingerprint density at radius 2 is 1.89 bits per heavy atom. The van der Waals surface area contributed by atoms with Gasteiger partial charge in [0.25, 0.3) is 0 Å². The fraction of sp³-hybridized carbons (Fsp3) is 0.800. The zero-order chi connectivity index (χ0) is 13.4. The SMILES string of the molecule is CC(C)(C)CCC[C@H](O)CCCCn1ccnc1. The van der Waals surface area contributed by atoms with E-state index in [0.29, 0.717) is 5.41 Å². The number of rotatable bonds is 8. The molecule has 0 saturated carbocycles. The number of unbranched alkanes of at least 4 members (excludes halogenated alkanes) is 1. The summed E-state index contributed by atoms with van der Waals surface area (Å²) < 4.78 is 2.09. The highest BCUT2D eigenvalue weighted by molar-refractivity contribution is 4.73. The Morgan fingerprint density at radius 3 is 2.50 bits per heavy atom. The zero-order valence-corrected chi connectivity index (χ0v) is 12.1. The second-order valence-electron chi connectivity index (χ2n) is 6.40. The summed E-state index contributed by atoms with van der Waals surface area (Å²) in [5.41, 5.74) is 0.390. The third kappa shape index (κ3) is 7.49. The number of aromatic nitrogens is 2. The number of aliphatic hydroxyl groups is 1. The summed E-state index contributed by atoms with van der Waals surface area (Å²) in [6.45, 7) is 7.77. The van der Waals surface area contributed by atoms with Crippen molar-refractivity contribution in [1.29, 1.82) is 0 Å². The lowest BCUT2D eigenvalue weighted by Crippen LogP contribution is -2.10. The van der Waals surface area contributed by atoms with Crippen LogP contribution >= 0.6 is 0 Å². The molecule has 18 heavy (non-hydrogen) atoms. The highest BCUT2D eigenvalue weighted by Crippen LogP contribution is 2.22. The molecule has 104 valence electrons. The lowest BCUT2D eigenvalue weighted by atomic mass is 9.89. The van der Waals surface area contributed by atoms with Crippen molar-refractivity contribution in [3.05, 3.63) is 18.7 Å². The second kappa shape index (κ2) is 7.57. The van der Waals surface area contributed by atoms with Crippen LogP contribution in [0, 0.1) is 5.41 Å². The van der Waals surface area contributed by atoms with Crippen molar-refractivity contribution in [2.75, 3.05) is 0 Å². The smallest absolute Gasteiger partial charge is 0.0945 e. The lowest BCUT2D eigenvalue weighted by molar-refractivity contribution is 0.142. The molecule has 0 saturated heterocycles. The molecule has 0 bridgehead atoms. The quantitative estimate of drug-likeness (QED) is 0.717. The van der Waals surface area contributed by atoms with Gasteiger partial charge in [0.2, 0.25) is 0 Å². The largest absolute Gasteiger partial charge is 0.393 e. The first-order valence-corrected chi connectivity index (χ1v) is 7.11. The second-order valence-corrected chi connectivity index (χ2v) is 6.40. The highest BCUT2D eigenvalue weighted by atomic mass is 16.3. The average molecular weight is 252 g/mol. The van der Waals surface area contributed by atoms with Gasteiger partial charge in [-0.25, -0.2) is 4.98 Å². The van der Waals surface area contributed by atoms with Crippen molar-refractivity contribution in [2.24, 2.45) is 5.41 Å². The van der Waals surface area contributed by atoms with Gasteiger partial charge in [0.1, 0.15) is 0 Å². The molecule has 0 amide bonds. The van der Waals surface area contributed by atoms with Gasteiger partial charge in [0, 0.05) is 18.9 Å². The third-order valence-electron chi connectivity index (χ3n) is 3.23. The van der Waals surface area contributed by atoms with Crippen molar-refractivity contribution in [3.8, 4) is 0 Å². The van der Waals surface area contributed by atoms with Gasteiger partial charge in [-0.2, -0.15) is 0 Å². The topological polar surface area (TPSA) is 38.0 Å². The van der Waals surface area contributed by atoms with Gasteiger partial charge < -0.3 is 9.67 Å². The molecule has 0 fully saturated rings. The van der Waals surface area contributed by atoms with Crippen LogP contribution in [0.25, 0.3) is 0 Å². The highest BCUT2D eigenvalue weighted by Gasteiger charge is 2.11. The molecule has 1 aromatic rings. The Balaban J connectivity index is 1.98. The normalized spacial score (nSPS) is 13.8. The maximum atomic E-state index is 9.88. The number of aryl methyl sites for hydroxylation is 1. The molecule has 0 aromatic carbocycles. The average Bonchev–Trinajstić information content (AvgIpc) is 2.75. The van der Waals surface area contributed by atoms with Gasteiger partial charge in [-0.1, -0.05) is 27.2 Å². The fourth-order valence-electron chi connectivity index (χ4n) is 2.11. The Bertz CT molecular complexity index is 301. The van der Waals surface area contributed by atoms with E-state index in [1.165, 1.54) is 6.42 Å². The Labute approximate surface area is 111 Å². The maximum Gasteiger partial charge on any atom is 0.0945 e. The first-order chi connectivity index (χ1) is 8.47. The van der Waals surface area contributed by atoms with Gasteiger partial charge in [-0.15, -0.1) is 0 Å². The predicted octanol–water partition coefficient (Wildman–Crippen LogP) is 3.63. The van der Waals surface area contributed by atoms with Crippen molar-refractivity contribution in [3.63, 3.8) is 0 Å². The molecule has 1 rings (SSSR count). The third-order valence-corrected chi connectivity index (χ3v) is 3.23. The monoisotopic (exact) mass is 252 g/mol. The molecule has 1 atom stereocenters. The van der Waals surface area contributed by atoms with E-state index < -0.39 is 0 Å². The Morgan fingerprint density at radius 1 is 1.17 bits per heavy atom. The molecule has 1 aromatic heterocycles. The lowest BCUT2D eigenvalue weighted by Gasteiger charge is -2.19. The molecule has 1 heterocycles. The van der Waals surface area contributed by atoms with Crippen LogP contribution in [0.3, 0.4) is 0 Å². The molecule has 0 aliphatic heterocycles. The van der Waals surface area contributed by atoms with Crippen LogP contribution in [0.1, 0.15) is 59.3 Å². The standard InChI is InChI=1S/C15H28N2O/c1-15(2,3)9-6-8-14(18)7-4-5-11-17-12-10-16-13-17/h10,12-14,18H,4-9,11H2,1-3H3/t14-/m1/s1. The van der Waals surface area contributed by atoms with E-state index in [4.69, 9.17) is 0 Å². The molecule has 0 radical (unpaired) electrons. The minimum atomic E-state index is -0.116. The summed E-state index contributed by atoms with van der Waals surface area (Å²) in [7, 11) is 0. The number of imidazole rings is 1. The van der Waals surface area contributed by atoms with E-state index in [2.05, 4.69) is 30.3 Å². The first kappa shape index (κ1) is 15.2. The van der Waals surface area contributed by atoms with Crippen molar-refractivity contribution >= 4 is 0 Å². The van der Waals surface area contributed by atoms with Crippen LogP contribution in [-0.4, -0.2) is 20.8 Å². The maximum absolute atomic E-state index is 9.88. The summed E-state index contributed by atoms with van der Waals surface area (Å²) in [6.07, 6.45) is 11.9. The molecule has 0 spiro atoms. The van der Waals surface area contributed by atoms with E-state index >= 15 is 0 Å². The molecule has 3 nitrogen and oxygen atoms in total. The summed E-state index contributed by atoms with van der Waals surface area (Å²) in [5.74, 6) is 0. The summed E-state index contributed by atoms with van der Waals surface area (Å²) >= 11 is 0. The van der Waals surface area contributed by atoms with Crippen LogP contribution < -0.4 is 0 Å². The van der Waals surface area contributed by atoms with Gasteiger partial charge in [0.15, 0.2) is 0 Å². The number of hydrogen-bond donors (Lipinski definition) is 1. The minimum absolute atomic E-state index is 0.116. The molecular weight excluding hydrogens is 224 g/mol. The van der Waals surface area contributed by atoms with E-state index in [1.54, 1.807) is 6.20 Å². The predicted molar refractivity (Wildman–Crippen MR) is 75.4 cm³/mol. The van der Waals surface area contributed by atoms with Crippen molar-refractivity contribution in [2.45, 2.75) is 71.9 Å². The molecule has 0 aliphatic carbocycles. The van der Waals surface area contributed by atoms with E-state index in [1.807, 2.05) is 12.5 Å². The first-order valence-electron chi connectivity index (χ1n) is 7.11. The van der Waals surface area contributed by atoms with Crippen LogP contribution in [-0.2, 0) is 6.54 Å². The molecular formula is C15H28N2O. The summed E-state index contributed by atoms with van der Waals surface area (Å²) in [6, 6.07) is 0. The van der Waals surface area contributed by atoms with Crippen LogP contribution in [0.5, 0.6) is 0 Å². The summed E-state index contributed by atoms with van der Waals surface area (Å²) in [4.78, 5) is 4.01.